The van der Waals surface area contributed by atoms with Gasteiger partial charge in [-0.2, -0.15) is 5.26 Å². The lowest BCUT2D eigenvalue weighted by atomic mass is 10.1. The predicted molar refractivity (Wildman–Crippen MR) is 100 cm³/mol. The Morgan fingerprint density at radius 3 is 2.63 bits per heavy atom. The van der Waals surface area contributed by atoms with Crippen molar-refractivity contribution in [1.82, 2.24) is 10.3 Å². The molecular weight excluding hydrogens is 362 g/mol. The monoisotopic (exact) mass is 371 g/mol. The van der Waals surface area contributed by atoms with Crippen LogP contribution < -0.4 is 5.32 Å². The Kier molecular flexibility index (Phi) is 4.21. The number of pyridine rings is 1. The van der Waals surface area contributed by atoms with Crippen LogP contribution in [0.15, 0.2) is 52.0 Å². The summed E-state index contributed by atoms with van der Waals surface area (Å²) in [6, 6.07) is 10.9. The molecule has 0 saturated carbocycles. The van der Waals surface area contributed by atoms with E-state index in [2.05, 4.69) is 28.2 Å². The Morgan fingerprint density at radius 2 is 1.89 bits per heavy atom. The molecule has 1 aliphatic rings. The van der Waals surface area contributed by atoms with Crippen LogP contribution in [0.1, 0.15) is 22.5 Å². The molecular formula is C20H9N3O3S. The zero-order chi connectivity index (χ0) is 18.8. The molecule has 1 saturated heterocycles. The van der Waals surface area contributed by atoms with Gasteiger partial charge in [0, 0.05) is 29.4 Å². The van der Waals surface area contributed by atoms with E-state index >= 15 is 0 Å². The minimum atomic E-state index is -0.447. The highest BCUT2D eigenvalue weighted by atomic mass is 32.2. The zero-order valence-corrected chi connectivity index (χ0v) is 14.5. The standard InChI is InChI=1S/C20H9N3O3S/c21-9-13-4-2-1-3-12(13)5-6-14-10-22-11-15-7-16(26-18(14)15)8-17-19(24)23-20(25)27-17/h1-4,7-8,10-11H,(H,23,24,25). The molecule has 0 atom stereocenters. The van der Waals surface area contributed by atoms with E-state index in [-0.39, 0.29) is 4.91 Å². The van der Waals surface area contributed by atoms with Gasteiger partial charge >= 0.3 is 0 Å². The van der Waals surface area contributed by atoms with Crippen molar-refractivity contribution in [2.24, 2.45) is 0 Å². The molecule has 4 rings (SSSR count). The van der Waals surface area contributed by atoms with Crippen molar-refractivity contribution in [2.45, 2.75) is 0 Å². The summed E-state index contributed by atoms with van der Waals surface area (Å²) in [7, 11) is 0. The van der Waals surface area contributed by atoms with Crippen molar-refractivity contribution >= 4 is 40.0 Å². The maximum atomic E-state index is 11.7. The number of amides is 2. The molecule has 0 spiro atoms. The average Bonchev–Trinajstić information content (AvgIpc) is 3.22. The van der Waals surface area contributed by atoms with Crippen molar-refractivity contribution in [3.05, 3.63) is 70.1 Å². The van der Waals surface area contributed by atoms with Crippen LogP contribution in [0.25, 0.3) is 17.0 Å². The highest BCUT2D eigenvalue weighted by Gasteiger charge is 2.25. The number of benzene rings is 1. The number of fused-ring (bicyclic) bond motifs is 1. The van der Waals surface area contributed by atoms with Crippen LogP contribution in [0.4, 0.5) is 4.79 Å². The third-order valence-electron chi connectivity index (χ3n) is 3.74. The van der Waals surface area contributed by atoms with Crippen LogP contribution in [0.3, 0.4) is 0 Å². The van der Waals surface area contributed by atoms with Gasteiger partial charge in [0.2, 0.25) is 0 Å². The second-order valence-electron chi connectivity index (χ2n) is 5.51. The number of thioether (sulfide) groups is 1. The number of hydrogen-bond donors (Lipinski definition) is 1. The molecule has 1 fully saturated rings. The molecule has 0 radical (unpaired) electrons. The van der Waals surface area contributed by atoms with Crippen molar-refractivity contribution in [1.29, 1.82) is 5.26 Å². The molecule has 6 nitrogen and oxygen atoms in total. The van der Waals surface area contributed by atoms with Crippen LogP contribution in [0.5, 0.6) is 0 Å². The first-order valence-electron chi connectivity index (χ1n) is 7.77. The molecule has 1 N–H and O–H groups in total. The Bertz CT molecular complexity index is 1240. The summed E-state index contributed by atoms with van der Waals surface area (Å²) in [5, 5.41) is 11.7. The SMILES string of the molecule is N#Cc1ccccc1C#Cc1cncc2cc(C=C3SC(=O)NC3=O)oc12. The summed E-state index contributed by atoms with van der Waals surface area (Å²) >= 11 is 0.822. The van der Waals surface area contributed by atoms with E-state index in [1.165, 1.54) is 6.08 Å². The fourth-order valence-electron chi connectivity index (χ4n) is 2.52. The van der Waals surface area contributed by atoms with E-state index in [9.17, 15) is 9.59 Å². The van der Waals surface area contributed by atoms with Gasteiger partial charge in [-0.05, 0) is 30.0 Å². The largest absolute Gasteiger partial charge is 0.455 e. The van der Waals surface area contributed by atoms with Gasteiger partial charge < -0.3 is 4.42 Å². The van der Waals surface area contributed by atoms with Gasteiger partial charge in [0.15, 0.2) is 5.58 Å². The summed E-state index contributed by atoms with van der Waals surface area (Å²) in [6.07, 6.45) is 4.71. The maximum absolute atomic E-state index is 11.7. The quantitative estimate of drug-likeness (QED) is 0.520. The number of carbonyl (C=O) groups is 2. The number of carbonyl (C=O) groups excluding carboxylic acids is 2. The zero-order valence-electron chi connectivity index (χ0n) is 13.6. The number of furan rings is 1. The Labute approximate surface area is 157 Å². The first-order valence-corrected chi connectivity index (χ1v) is 8.59. The minimum Gasteiger partial charge on any atom is -0.455 e. The number of imide groups is 1. The third-order valence-corrected chi connectivity index (χ3v) is 4.55. The smallest absolute Gasteiger partial charge is 0.290 e. The fraction of sp³-hybridized carbons (Fsp3) is 0. The molecule has 0 aliphatic carbocycles. The molecule has 1 aromatic carbocycles. The highest BCUT2D eigenvalue weighted by Crippen LogP contribution is 2.28. The highest BCUT2D eigenvalue weighted by molar-refractivity contribution is 8.18. The van der Waals surface area contributed by atoms with E-state index in [0.717, 1.165) is 17.1 Å². The molecule has 3 heterocycles. The average molecular weight is 371 g/mol. The van der Waals surface area contributed by atoms with E-state index in [4.69, 9.17) is 9.68 Å². The molecule has 0 unspecified atom stereocenters. The Balaban J connectivity index is 1.74. The molecule has 1 aliphatic heterocycles. The van der Waals surface area contributed by atoms with Gasteiger partial charge in [0.25, 0.3) is 11.1 Å². The predicted octanol–water partition coefficient (Wildman–Crippen LogP) is 3.42. The van der Waals surface area contributed by atoms with Crippen LogP contribution in [-0.2, 0) is 4.79 Å². The van der Waals surface area contributed by atoms with Gasteiger partial charge in [0.05, 0.1) is 16.0 Å². The second kappa shape index (κ2) is 6.83. The molecule has 7 heteroatoms. The maximum Gasteiger partial charge on any atom is 0.290 e. The number of hydrogen-bond acceptors (Lipinski definition) is 6. The van der Waals surface area contributed by atoms with Gasteiger partial charge in [0.1, 0.15) is 11.8 Å². The summed E-state index contributed by atoms with van der Waals surface area (Å²) in [4.78, 5) is 27.3. The van der Waals surface area contributed by atoms with E-state index in [0.29, 0.717) is 28.0 Å². The molecule has 2 aromatic heterocycles. The molecule has 0 bridgehead atoms. The lowest BCUT2D eigenvalue weighted by Gasteiger charge is -1.94. The number of rotatable bonds is 1. The molecule has 27 heavy (non-hydrogen) atoms. The van der Waals surface area contributed by atoms with E-state index in [1.807, 2.05) is 6.07 Å². The van der Waals surface area contributed by atoms with E-state index in [1.54, 1.807) is 36.7 Å². The Morgan fingerprint density at radius 1 is 1.11 bits per heavy atom. The normalized spacial score (nSPS) is 14.7. The van der Waals surface area contributed by atoms with Crippen LogP contribution in [0, 0.1) is 23.2 Å². The van der Waals surface area contributed by atoms with E-state index < -0.39 is 11.1 Å². The van der Waals surface area contributed by atoms with Crippen LogP contribution in [0.2, 0.25) is 0 Å². The Hall–Kier alpha value is -3.81. The summed E-state index contributed by atoms with van der Waals surface area (Å²) in [6.45, 7) is 0. The third kappa shape index (κ3) is 3.32. The van der Waals surface area contributed by atoms with Gasteiger partial charge in [-0.3, -0.25) is 19.9 Å². The lowest BCUT2D eigenvalue weighted by Crippen LogP contribution is -2.17. The molecule has 3 aromatic rings. The number of nitrogens with one attached hydrogen (secondary N) is 1. The minimum absolute atomic E-state index is 0.266. The van der Waals surface area contributed by atoms with Crippen LogP contribution >= 0.6 is 11.8 Å². The van der Waals surface area contributed by atoms with Crippen molar-refractivity contribution in [3.8, 4) is 17.9 Å². The molecule has 128 valence electrons. The first kappa shape index (κ1) is 16.6. The topological polar surface area (TPSA) is 96.0 Å². The van der Waals surface area contributed by atoms with Crippen molar-refractivity contribution in [3.63, 3.8) is 0 Å². The van der Waals surface area contributed by atoms with Crippen molar-refractivity contribution in [2.75, 3.05) is 0 Å². The fourth-order valence-corrected chi connectivity index (χ4v) is 3.18. The summed E-state index contributed by atoms with van der Waals surface area (Å²) < 4.78 is 5.80. The number of nitrogens with zero attached hydrogens (tertiary/aromatic N) is 2. The summed E-state index contributed by atoms with van der Waals surface area (Å²) in [5.74, 6) is 5.93. The van der Waals surface area contributed by atoms with Gasteiger partial charge in [-0.1, -0.05) is 24.0 Å². The van der Waals surface area contributed by atoms with Gasteiger partial charge in [-0.15, -0.1) is 0 Å². The molecule has 2 amide bonds. The summed E-state index contributed by atoms with van der Waals surface area (Å²) in [5.41, 5.74) is 2.19. The van der Waals surface area contributed by atoms with Gasteiger partial charge in [-0.25, -0.2) is 0 Å². The van der Waals surface area contributed by atoms with Crippen LogP contribution in [-0.4, -0.2) is 16.1 Å². The number of nitriles is 1. The van der Waals surface area contributed by atoms with Crippen molar-refractivity contribution < 1.29 is 14.0 Å². The number of aromatic nitrogens is 1. The first-order chi connectivity index (χ1) is 13.1. The second-order valence-corrected chi connectivity index (χ2v) is 6.53. The lowest BCUT2D eigenvalue weighted by molar-refractivity contribution is -0.115.